The third kappa shape index (κ3) is 13.7. The van der Waals surface area contributed by atoms with Crippen LogP contribution in [0.3, 0.4) is 0 Å². The van der Waals surface area contributed by atoms with Gasteiger partial charge >= 0.3 is 11.9 Å². The molecular weight excluding hydrogens is 332 g/mol. The van der Waals surface area contributed by atoms with Crippen LogP contribution in [0.15, 0.2) is 0 Å². The fourth-order valence-corrected chi connectivity index (χ4v) is 1.90. The van der Waals surface area contributed by atoms with Crippen molar-refractivity contribution in [2.45, 2.75) is 20.3 Å². The van der Waals surface area contributed by atoms with Crippen LogP contribution in [0.4, 0.5) is 0 Å². The predicted octanol–water partition coefficient (Wildman–Crippen LogP) is 1.06. The Morgan fingerprint density at radius 1 is 0.640 bits per heavy atom. The first-order valence-corrected chi connectivity index (χ1v) is 8.49. The molecule has 0 heterocycles. The summed E-state index contributed by atoms with van der Waals surface area (Å²) in [6.07, 6.45) is 0.368. The first kappa shape index (κ1) is 23.8. The molecule has 0 fully saturated rings. The summed E-state index contributed by atoms with van der Waals surface area (Å²) < 4.78 is 30.3. The lowest BCUT2D eigenvalue weighted by atomic mass is 9.97. The summed E-state index contributed by atoms with van der Waals surface area (Å²) >= 11 is 0. The van der Waals surface area contributed by atoms with E-state index in [2.05, 4.69) is 0 Å². The lowest BCUT2D eigenvalue weighted by molar-refractivity contribution is -0.153. The van der Waals surface area contributed by atoms with Gasteiger partial charge in [0.05, 0.1) is 51.5 Å². The van der Waals surface area contributed by atoms with Gasteiger partial charge in [0.25, 0.3) is 0 Å². The topological polar surface area (TPSA) is 89.5 Å². The van der Waals surface area contributed by atoms with Gasteiger partial charge in [-0.05, 0) is 6.42 Å². The summed E-state index contributed by atoms with van der Waals surface area (Å²) in [5, 5.41) is 0. The molecule has 0 aromatic rings. The lowest BCUT2D eigenvalue weighted by Crippen LogP contribution is -2.24. The van der Waals surface area contributed by atoms with E-state index in [4.69, 9.17) is 28.4 Å². The summed E-state index contributed by atoms with van der Waals surface area (Å²) in [6, 6.07) is 0. The van der Waals surface area contributed by atoms with E-state index in [0.717, 1.165) is 0 Å². The molecular formula is C17H32O8. The molecule has 0 spiro atoms. The molecule has 0 aliphatic carbocycles. The van der Waals surface area contributed by atoms with Crippen LogP contribution < -0.4 is 0 Å². The molecule has 25 heavy (non-hydrogen) atoms. The first-order valence-electron chi connectivity index (χ1n) is 8.49. The van der Waals surface area contributed by atoms with Crippen molar-refractivity contribution >= 4 is 11.9 Å². The molecule has 148 valence electrons. The van der Waals surface area contributed by atoms with Gasteiger partial charge in [-0.15, -0.1) is 0 Å². The van der Waals surface area contributed by atoms with E-state index in [9.17, 15) is 9.59 Å². The zero-order chi connectivity index (χ0) is 18.9. The van der Waals surface area contributed by atoms with Crippen molar-refractivity contribution in [2.24, 2.45) is 11.8 Å². The van der Waals surface area contributed by atoms with Gasteiger partial charge in [0, 0.05) is 14.2 Å². The Labute approximate surface area is 150 Å². The summed E-state index contributed by atoms with van der Waals surface area (Å²) in [6.45, 7) is 6.39. The van der Waals surface area contributed by atoms with Crippen LogP contribution in [0.2, 0.25) is 0 Å². The van der Waals surface area contributed by atoms with Crippen molar-refractivity contribution in [3.63, 3.8) is 0 Å². The van der Waals surface area contributed by atoms with Crippen LogP contribution in [-0.4, -0.2) is 79.0 Å². The van der Waals surface area contributed by atoms with Crippen molar-refractivity contribution < 1.29 is 38.0 Å². The molecule has 0 aliphatic rings. The third-order valence-corrected chi connectivity index (χ3v) is 3.32. The molecule has 8 nitrogen and oxygen atoms in total. The summed E-state index contributed by atoms with van der Waals surface area (Å²) in [5.41, 5.74) is 0. The molecule has 0 aliphatic heterocycles. The molecule has 2 atom stereocenters. The molecule has 0 rings (SSSR count). The van der Waals surface area contributed by atoms with Gasteiger partial charge in [-0.1, -0.05) is 13.8 Å². The smallest absolute Gasteiger partial charge is 0.308 e. The quantitative estimate of drug-likeness (QED) is 0.297. The highest BCUT2D eigenvalue weighted by molar-refractivity contribution is 5.75. The maximum atomic E-state index is 11.9. The zero-order valence-corrected chi connectivity index (χ0v) is 15.8. The van der Waals surface area contributed by atoms with E-state index in [1.54, 1.807) is 28.1 Å². The number of rotatable bonds is 16. The van der Waals surface area contributed by atoms with E-state index in [1.165, 1.54) is 0 Å². The second-order valence-electron chi connectivity index (χ2n) is 5.58. The van der Waals surface area contributed by atoms with Crippen LogP contribution >= 0.6 is 0 Å². The monoisotopic (exact) mass is 364 g/mol. The molecule has 0 saturated heterocycles. The number of esters is 2. The van der Waals surface area contributed by atoms with Gasteiger partial charge in [-0.25, -0.2) is 0 Å². The van der Waals surface area contributed by atoms with Gasteiger partial charge in [-0.2, -0.15) is 0 Å². The second kappa shape index (κ2) is 16.3. The Morgan fingerprint density at radius 2 is 1.00 bits per heavy atom. The minimum atomic E-state index is -0.389. The standard InChI is InChI=1S/C17H32O8/c1-14(16(18)24-11-9-22-7-5-20-3)13-15(2)17(19)25-12-10-23-8-6-21-4/h14-15H,5-13H2,1-4H3. The lowest BCUT2D eigenvalue weighted by Gasteiger charge is -2.16. The molecule has 0 aromatic heterocycles. The first-order chi connectivity index (χ1) is 12.0. The predicted molar refractivity (Wildman–Crippen MR) is 90.3 cm³/mol. The van der Waals surface area contributed by atoms with Crippen LogP contribution in [0.25, 0.3) is 0 Å². The Morgan fingerprint density at radius 3 is 1.36 bits per heavy atom. The molecule has 0 bridgehead atoms. The van der Waals surface area contributed by atoms with Gasteiger partial charge in [-0.3, -0.25) is 9.59 Å². The SMILES string of the molecule is COCCOCCOC(=O)C(C)CC(C)C(=O)OCCOCCOC. The second-order valence-corrected chi connectivity index (χ2v) is 5.58. The third-order valence-electron chi connectivity index (χ3n) is 3.32. The fourth-order valence-electron chi connectivity index (χ4n) is 1.90. The summed E-state index contributed by atoms with van der Waals surface area (Å²) in [5.74, 6) is -1.48. The Balaban J connectivity index is 3.77. The molecule has 0 saturated carbocycles. The fraction of sp³-hybridized carbons (Fsp3) is 0.882. The van der Waals surface area contributed by atoms with Crippen molar-refractivity contribution in [3.05, 3.63) is 0 Å². The number of carbonyl (C=O) groups is 2. The summed E-state index contributed by atoms with van der Waals surface area (Å²) in [7, 11) is 3.18. The largest absolute Gasteiger partial charge is 0.463 e. The van der Waals surface area contributed by atoms with Crippen LogP contribution in [-0.2, 0) is 38.0 Å². The van der Waals surface area contributed by atoms with E-state index in [0.29, 0.717) is 46.1 Å². The average molecular weight is 364 g/mol. The highest BCUT2D eigenvalue weighted by atomic mass is 16.6. The van der Waals surface area contributed by atoms with Gasteiger partial charge in [0.15, 0.2) is 0 Å². The zero-order valence-electron chi connectivity index (χ0n) is 15.8. The van der Waals surface area contributed by atoms with Crippen molar-refractivity contribution in [3.8, 4) is 0 Å². The van der Waals surface area contributed by atoms with E-state index in [-0.39, 0.29) is 37.0 Å². The molecule has 8 heteroatoms. The minimum absolute atomic E-state index is 0.185. The van der Waals surface area contributed by atoms with E-state index < -0.39 is 0 Å². The Kier molecular flexibility index (Phi) is 15.5. The Bertz CT molecular complexity index is 316. The van der Waals surface area contributed by atoms with Gasteiger partial charge < -0.3 is 28.4 Å². The molecule has 0 aromatic carbocycles. The highest BCUT2D eigenvalue weighted by Gasteiger charge is 2.23. The van der Waals surface area contributed by atoms with Crippen molar-refractivity contribution in [1.82, 2.24) is 0 Å². The van der Waals surface area contributed by atoms with Crippen molar-refractivity contribution in [1.29, 1.82) is 0 Å². The highest BCUT2D eigenvalue weighted by Crippen LogP contribution is 2.15. The van der Waals surface area contributed by atoms with E-state index in [1.807, 2.05) is 0 Å². The van der Waals surface area contributed by atoms with Gasteiger partial charge in [0.2, 0.25) is 0 Å². The molecule has 2 unspecified atom stereocenters. The normalized spacial score (nSPS) is 13.3. The average Bonchev–Trinajstić information content (AvgIpc) is 2.60. The number of hydrogen-bond acceptors (Lipinski definition) is 8. The van der Waals surface area contributed by atoms with Gasteiger partial charge in [0.1, 0.15) is 13.2 Å². The number of carbonyl (C=O) groups excluding carboxylic acids is 2. The Hall–Kier alpha value is -1.22. The van der Waals surface area contributed by atoms with Crippen LogP contribution in [0, 0.1) is 11.8 Å². The molecule has 0 radical (unpaired) electrons. The summed E-state index contributed by atoms with van der Waals surface area (Å²) in [4.78, 5) is 23.7. The number of methoxy groups -OCH3 is 2. The van der Waals surface area contributed by atoms with Crippen molar-refractivity contribution in [2.75, 3.05) is 67.1 Å². The van der Waals surface area contributed by atoms with Crippen LogP contribution in [0.5, 0.6) is 0 Å². The maximum absolute atomic E-state index is 11.9. The van der Waals surface area contributed by atoms with Crippen LogP contribution in [0.1, 0.15) is 20.3 Å². The molecule has 0 amide bonds. The maximum Gasteiger partial charge on any atom is 0.308 e. The van der Waals surface area contributed by atoms with E-state index >= 15 is 0 Å². The number of hydrogen-bond donors (Lipinski definition) is 0. The number of ether oxygens (including phenoxy) is 6. The minimum Gasteiger partial charge on any atom is -0.463 e. The molecule has 0 N–H and O–H groups in total.